The molecule has 4 aliphatic carbocycles. The highest BCUT2D eigenvalue weighted by Gasteiger charge is 2.52. The number of halogens is 1. The van der Waals surface area contributed by atoms with Crippen LogP contribution >= 0.6 is 11.6 Å². The van der Waals surface area contributed by atoms with Crippen LogP contribution in [0, 0.1) is 23.2 Å². The second-order valence-electron chi connectivity index (χ2n) is 10.9. The molecule has 1 atom stereocenters. The van der Waals surface area contributed by atoms with Crippen LogP contribution in [0.1, 0.15) is 56.7 Å². The van der Waals surface area contributed by atoms with Crippen molar-refractivity contribution in [2.75, 3.05) is 0 Å². The number of nitrogens with zero attached hydrogens (tertiary/aromatic N) is 3. The van der Waals surface area contributed by atoms with Crippen LogP contribution < -0.4 is 5.32 Å². The largest absolute Gasteiger partial charge is 0.308 e. The number of nitrogens with one attached hydrogen (secondary N) is 1. The molecule has 2 aromatic carbocycles. The highest BCUT2D eigenvalue weighted by molar-refractivity contribution is 6.31. The fourth-order valence-electron chi connectivity index (χ4n) is 7.35. The molecule has 4 saturated carbocycles. The van der Waals surface area contributed by atoms with Gasteiger partial charge in [0, 0.05) is 23.2 Å². The van der Waals surface area contributed by atoms with E-state index in [9.17, 15) is 0 Å². The minimum Gasteiger partial charge on any atom is -0.308 e. The van der Waals surface area contributed by atoms with Gasteiger partial charge in [-0.15, -0.1) is 0 Å². The van der Waals surface area contributed by atoms with E-state index >= 15 is 0 Å². The van der Waals surface area contributed by atoms with E-state index in [0.717, 1.165) is 51.8 Å². The van der Waals surface area contributed by atoms with Gasteiger partial charge in [-0.25, -0.2) is 0 Å². The van der Waals surface area contributed by atoms with E-state index in [2.05, 4.69) is 36.5 Å². The summed E-state index contributed by atoms with van der Waals surface area (Å²) in [6.45, 7) is 3.74. The quantitative estimate of drug-likeness (QED) is 0.447. The predicted molar refractivity (Wildman–Crippen MR) is 133 cm³/mol. The van der Waals surface area contributed by atoms with Crippen molar-refractivity contribution in [3.05, 3.63) is 70.9 Å². The minimum absolute atomic E-state index is 0.481. The lowest BCUT2D eigenvalue weighted by molar-refractivity contribution is -0.0707. The standard InChI is InChI=1S/C28H33ClN4/c1-19(28-14-20-11-21(15-28)13-22(12-20)16-28)30-17-26-27(23-7-3-2-4-8-23)32-33(31-26)18-24-9-5-6-10-25(24)29/h2-10,19-22,30H,11-18H2,1H3/t19-,20?,21?,22?,28?/m1/s1. The molecule has 3 aromatic rings. The monoisotopic (exact) mass is 460 g/mol. The van der Waals surface area contributed by atoms with Gasteiger partial charge in [0.05, 0.1) is 6.54 Å². The lowest BCUT2D eigenvalue weighted by Gasteiger charge is -2.59. The molecule has 0 amide bonds. The average Bonchev–Trinajstić information content (AvgIpc) is 3.21. The van der Waals surface area contributed by atoms with E-state index in [-0.39, 0.29) is 0 Å². The van der Waals surface area contributed by atoms with Gasteiger partial charge in [-0.05, 0) is 80.2 Å². The maximum Gasteiger partial charge on any atom is 0.117 e. The number of benzene rings is 2. The van der Waals surface area contributed by atoms with Crippen molar-refractivity contribution in [1.29, 1.82) is 0 Å². The van der Waals surface area contributed by atoms with E-state index in [1.807, 2.05) is 30.3 Å². The molecule has 1 heterocycles. The van der Waals surface area contributed by atoms with Crippen LogP contribution in [0.4, 0.5) is 0 Å². The Hall–Kier alpha value is -2.17. The zero-order valence-electron chi connectivity index (χ0n) is 19.4. The average molecular weight is 461 g/mol. The molecule has 7 rings (SSSR count). The molecule has 0 saturated heterocycles. The molecular formula is C28H33ClN4. The topological polar surface area (TPSA) is 42.7 Å². The zero-order chi connectivity index (χ0) is 22.4. The molecule has 4 bridgehead atoms. The molecule has 33 heavy (non-hydrogen) atoms. The van der Waals surface area contributed by atoms with Gasteiger partial charge >= 0.3 is 0 Å². The molecular weight excluding hydrogens is 428 g/mol. The van der Waals surface area contributed by atoms with Crippen molar-refractivity contribution < 1.29 is 0 Å². The Morgan fingerprint density at radius 3 is 2.24 bits per heavy atom. The first-order valence-corrected chi connectivity index (χ1v) is 12.9. The van der Waals surface area contributed by atoms with Crippen LogP contribution in [0.25, 0.3) is 11.3 Å². The SMILES string of the molecule is C[C@@H](NCc1nn(Cc2ccccc2Cl)nc1-c1ccccc1)C12CC3CC(CC(C3)C1)C2. The Balaban J connectivity index is 1.24. The molecule has 172 valence electrons. The zero-order valence-corrected chi connectivity index (χ0v) is 20.1. The van der Waals surface area contributed by atoms with Crippen LogP contribution in [0.15, 0.2) is 54.6 Å². The number of hydrogen-bond acceptors (Lipinski definition) is 3. The highest BCUT2D eigenvalue weighted by Crippen LogP contribution is 2.61. The smallest absolute Gasteiger partial charge is 0.117 e. The van der Waals surface area contributed by atoms with Gasteiger partial charge in [-0.2, -0.15) is 15.0 Å². The van der Waals surface area contributed by atoms with E-state index in [1.54, 1.807) is 4.80 Å². The van der Waals surface area contributed by atoms with Gasteiger partial charge in [0.25, 0.3) is 0 Å². The summed E-state index contributed by atoms with van der Waals surface area (Å²) < 4.78 is 0. The molecule has 0 unspecified atom stereocenters. The summed E-state index contributed by atoms with van der Waals surface area (Å²) in [5, 5.41) is 14.5. The van der Waals surface area contributed by atoms with Gasteiger partial charge in [0.2, 0.25) is 0 Å². The third kappa shape index (κ3) is 4.13. The highest BCUT2D eigenvalue weighted by atomic mass is 35.5. The molecule has 5 heteroatoms. The second kappa shape index (κ2) is 8.56. The van der Waals surface area contributed by atoms with Gasteiger partial charge in [-0.3, -0.25) is 0 Å². The lowest BCUT2D eigenvalue weighted by Crippen LogP contribution is -2.54. The van der Waals surface area contributed by atoms with Crippen LogP contribution in [-0.2, 0) is 13.1 Å². The molecule has 1 aromatic heterocycles. The van der Waals surface area contributed by atoms with Crippen LogP contribution in [0.5, 0.6) is 0 Å². The van der Waals surface area contributed by atoms with Crippen molar-refractivity contribution in [1.82, 2.24) is 20.3 Å². The van der Waals surface area contributed by atoms with Crippen molar-refractivity contribution >= 4 is 11.6 Å². The van der Waals surface area contributed by atoms with E-state index in [1.165, 1.54) is 38.5 Å². The fraction of sp³-hybridized carbons (Fsp3) is 0.500. The third-order valence-corrected chi connectivity index (χ3v) is 8.99. The van der Waals surface area contributed by atoms with E-state index in [0.29, 0.717) is 18.0 Å². The fourth-order valence-corrected chi connectivity index (χ4v) is 7.54. The summed E-state index contributed by atoms with van der Waals surface area (Å²) in [5.74, 6) is 2.91. The molecule has 4 nitrogen and oxygen atoms in total. The van der Waals surface area contributed by atoms with Crippen molar-refractivity contribution in [2.45, 2.75) is 64.6 Å². The summed E-state index contributed by atoms with van der Waals surface area (Å²) >= 11 is 6.41. The molecule has 0 spiro atoms. The van der Waals surface area contributed by atoms with Gasteiger partial charge in [0.1, 0.15) is 11.4 Å². The normalized spacial score (nSPS) is 28.8. The molecule has 4 fully saturated rings. The first-order valence-electron chi connectivity index (χ1n) is 12.5. The maximum atomic E-state index is 6.41. The Kier molecular flexibility index (Phi) is 5.54. The van der Waals surface area contributed by atoms with E-state index < -0.39 is 0 Å². The van der Waals surface area contributed by atoms with Crippen molar-refractivity contribution in [3.8, 4) is 11.3 Å². The summed E-state index contributed by atoms with van der Waals surface area (Å²) in [4.78, 5) is 1.80. The Morgan fingerprint density at radius 1 is 0.939 bits per heavy atom. The van der Waals surface area contributed by atoms with Gasteiger partial charge in [0.15, 0.2) is 0 Å². The Labute approximate surface area is 201 Å². The minimum atomic E-state index is 0.481. The molecule has 1 N–H and O–H groups in total. The second-order valence-corrected chi connectivity index (χ2v) is 11.3. The summed E-state index contributed by atoms with van der Waals surface area (Å²) in [6, 6.07) is 18.9. The number of rotatable bonds is 7. The maximum absolute atomic E-state index is 6.41. The van der Waals surface area contributed by atoms with Crippen LogP contribution in [0.3, 0.4) is 0 Å². The van der Waals surface area contributed by atoms with Crippen LogP contribution in [0.2, 0.25) is 5.02 Å². The lowest BCUT2D eigenvalue weighted by atomic mass is 9.48. The molecule has 4 aliphatic rings. The van der Waals surface area contributed by atoms with Crippen molar-refractivity contribution in [3.63, 3.8) is 0 Å². The van der Waals surface area contributed by atoms with Crippen molar-refractivity contribution in [2.24, 2.45) is 23.2 Å². The number of hydrogen-bond donors (Lipinski definition) is 1. The van der Waals surface area contributed by atoms with Gasteiger partial charge in [-0.1, -0.05) is 60.1 Å². The third-order valence-electron chi connectivity index (χ3n) is 8.62. The Bertz CT molecular complexity index is 1090. The first kappa shape index (κ1) is 21.4. The summed E-state index contributed by atoms with van der Waals surface area (Å²) in [6.07, 6.45) is 8.70. The predicted octanol–water partition coefficient (Wildman–Crippen LogP) is 6.34. The van der Waals surface area contributed by atoms with E-state index in [4.69, 9.17) is 21.8 Å². The molecule has 0 aliphatic heterocycles. The summed E-state index contributed by atoms with van der Waals surface area (Å²) in [5.41, 5.74) is 4.62. The Morgan fingerprint density at radius 2 is 1.58 bits per heavy atom. The summed E-state index contributed by atoms with van der Waals surface area (Å²) in [7, 11) is 0. The number of aromatic nitrogens is 3. The van der Waals surface area contributed by atoms with Gasteiger partial charge < -0.3 is 5.32 Å². The molecule has 0 radical (unpaired) electrons. The van der Waals surface area contributed by atoms with Crippen LogP contribution in [-0.4, -0.2) is 21.0 Å². The first-order chi connectivity index (χ1) is 16.1.